The lowest BCUT2D eigenvalue weighted by molar-refractivity contribution is -0.465. The Morgan fingerprint density at radius 3 is 1.67 bits per heavy atom. The topological polar surface area (TPSA) is 363 Å². The molecular formula is C38H52Br3N17O9. The quantitative estimate of drug-likeness (QED) is 0.00997. The van der Waals surface area contributed by atoms with Gasteiger partial charge in [-0.05, 0) is 67.3 Å². The van der Waals surface area contributed by atoms with Crippen LogP contribution in [0.25, 0.3) is 32.8 Å². The number of fused-ring (bicyclic) bond motifs is 2. The number of aromatic nitrogens is 10. The Labute approximate surface area is 408 Å². The molecular weight excluding hydrogens is 1080 g/mol. The number of halogens is 3. The molecule has 67 heavy (non-hydrogen) atoms. The summed E-state index contributed by atoms with van der Waals surface area (Å²) < 4.78 is 21.0. The van der Waals surface area contributed by atoms with Crippen LogP contribution < -0.4 is 31.4 Å². The molecule has 6 aromatic heterocycles. The van der Waals surface area contributed by atoms with Crippen molar-refractivity contribution in [3.63, 3.8) is 0 Å². The molecule has 26 nitrogen and oxygen atoms in total. The number of nitrogens with zero attached hydrogens (tertiary/aromatic N) is 13. The molecule has 0 aliphatic carbocycles. The molecule has 6 heterocycles. The summed E-state index contributed by atoms with van der Waals surface area (Å²) in [6.45, 7) is 5.24. The third-order valence-corrected chi connectivity index (χ3v) is 10.0. The second-order valence-electron chi connectivity index (χ2n) is 13.6. The monoisotopic (exact) mass is 1130 g/mol. The minimum absolute atomic E-state index is 0.0800. The fourth-order valence-corrected chi connectivity index (χ4v) is 6.38. The SMILES string of the molecule is CCCCBr.CCCCOc1nc(N)c2nc(Br)n(Cc3cccc(OCC(=O)N(C)C)n3)c2n1.CN(C)C(=O)COc1cccc(Cn2c(Br)nc3c(N)[nH]c(=O)nc32)n1.OOO.[N-]=[N+]=N. The smallest absolute Gasteiger partial charge is 0.348 e. The number of pyridine rings is 2. The van der Waals surface area contributed by atoms with E-state index in [1.54, 1.807) is 61.9 Å². The number of ether oxygens (including phenoxy) is 3. The van der Waals surface area contributed by atoms with Gasteiger partial charge in [0.15, 0.2) is 45.3 Å². The Bertz CT molecular complexity index is 2590. The number of hydrogen-bond donors (Lipinski definition) is 6. The van der Waals surface area contributed by atoms with E-state index in [1.165, 1.54) is 22.6 Å². The highest BCUT2D eigenvalue weighted by molar-refractivity contribution is 9.10. The predicted octanol–water partition coefficient (Wildman–Crippen LogP) is 5.64. The van der Waals surface area contributed by atoms with E-state index in [9.17, 15) is 14.4 Å². The van der Waals surface area contributed by atoms with Gasteiger partial charge in [-0.3, -0.25) is 23.7 Å². The van der Waals surface area contributed by atoms with Gasteiger partial charge < -0.3 is 35.5 Å². The molecule has 0 unspecified atom stereocenters. The highest BCUT2D eigenvalue weighted by atomic mass is 79.9. The highest BCUT2D eigenvalue weighted by Crippen LogP contribution is 2.26. The van der Waals surface area contributed by atoms with Crippen LogP contribution in [-0.4, -0.2) is 134 Å². The Morgan fingerprint density at radius 1 is 0.776 bits per heavy atom. The number of amides is 2. The third-order valence-electron chi connectivity index (χ3n) is 8.26. The van der Waals surface area contributed by atoms with Gasteiger partial charge in [0.1, 0.15) is 11.3 Å². The van der Waals surface area contributed by atoms with Gasteiger partial charge in [0, 0.05) is 45.7 Å². The minimum Gasteiger partial charge on any atom is -0.468 e. The molecule has 0 saturated heterocycles. The van der Waals surface area contributed by atoms with Crippen molar-refractivity contribution >= 4 is 93.6 Å². The number of nitrogens with one attached hydrogen (secondary N) is 2. The van der Waals surface area contributed by atoms with Gasteiger partial charge in [-0.15, -0.1) is 5.53 Å². The van der Waals surface area contributed by atoms with E-state index in [1.807, 2.05) is 16.7 Å². The number of unbranched alkanes of at least 4 members (excludes halogenated alkanes) is 2. The lowest BCUT2D eigenvalue weighted by Crippen LogP contribution is -2.27. The van der Waals surface area contributed by atoms with Crippen molar-refractivity contribution < 1.29 is 39.4 Å². The lowest BCUT2D eigenvalue weighted by Gasteiger charge is -2.12. The van der Waals surface area contributed by atoms with Crippen molar-refractivity contribution in [3.8, 4) is 17.8 Å². The number of carbonyl (C=O) groups excluding carboxylic acids is 2. The Morgan fingerprint density at radius 2 is 1.24 bits per heavy atom. The van der Waals surface area contributed by atoms with Crippen molar-refractivity contribution in [1.29, 1.82) is 5.53 Å². The number of alkyl halides is 1. The van der Waals surface area contributed by atoms with Crippen LogP contribution in [0.3, 0.4) is 0 Å². The van der Waals surface area contributed by atoms with Gasteiger partial charge in [0.05, 0.1) is 31.1 Å². The van der Waals surface area contributed by atoms with E-state index in [2.05, 4.69) is 107 Å². The van der Waals surface area contributed by atoms with E-state index in [4.69, 9.17) is 47.3 Å². The number of anilines is 2. The predicted molar refractivity (Wildman–Crippen MR) is 258 cm³/mol. The van der Waals surface area contributed by atoms with E-state index >= 15 is 0 Å². The Kier molecular flexibility index (Phi) is 25.6. The number of aromatic amines is 1. The van der Waals surface area contributed by atoms with Crippen molar-refractivity contribution in [2.75, 3.05) is 64.8 Å². The Hall–Kier alpha value is -6.23. The molecule has 0 aliphatic rings. The first-order chi connectivity index (χ1) is 32.0. The maximum atomic E-state index is 11.7. The largest absolute Gasteiger partial charge is 0.468 e. The fraction of sp³-hybridized carbons (Fsp3) is 0.421. The average molecular weight is 1130 g/mol. The van der Waals surface area contributed by atoms with Gasteiger partial charge in [0.25, 0.3) is 11.8 Å². The van der Waals surface area contributed by atoms with Gasteiger partial charge in [-0.25, -0.2) is 35.2 Å². The number of rotatable bonds is 16. The van der Waals surface area contributed by atoms with Crippen molar-refractivity contribution in [2.45, 2.75) is 52.6 Å². The number of nitrogens with two attached hydrogens (primary N) is 2. The molecule has 0 bridgehead atoms. The molecule has 6 rings (SSSR count). The zero-order valence-electron chi connectivity index (χ0n) is 37.4. The van der Waals surface area contributed by atoms with Gasteiger partial charge in [-0.1, -0.05) is 59.8 Å². The van der Waals surface area contributed by atoms with E-state index in [-0.39, 0.29) is 49.2 Å². The molecule has 364 valence electrons. The van der Waals surface area contributed by atoms with Crippen LogP contribution in [0.1, 0.15) is 50.9 Å². The van der Waals surface area contributed by atoms with Crippen LogP contribution in [0.5, 0.6) is 17.8 Å². The maximum absolute atomic E-state index is 11.7. The summed E-state index contributed by atoms with van der Waals surface area (Å²) in [7, 11) is 6.64. The zero-order valence-corrected chi connectivity index (χ0v) is 42.1. The summed E-state index contributed by atoms with van der Waals surface area (Å²) in [5.74, 6) is 0.766. The van der Waals surface area contributed by atoms with Crippen LogP contribution in [0.15, 0.2) is 50.7 Å². The van der Waals surface area contributed by atoms with Gasteiger partial charge in [-0.2, -0.15) is 15.0 Å². The molecule has 0 aliphatic heterocycles. The van der Waals surface area contributed by atoms with Gasteiger partial charge >= 0.3 is 11.7 Å². The van der Waals surface area contributed by atoms with Crippen LogP contribution in [0.4, 0.5) is 11.6 Å². The summed E-state index contributed by atoms with van der Waals surface area (Å²) in [6.07, 6.45) is 4.51. The van der Waals surface area contributed by atoms with Crippen LogP contribution in [0, 0.1) is 5.53 Å². The standard InChI is InChI=1S/C19H24BrN7O3.C15H16BrN7O3.C4H9Br.HN3.H2O3/c1-4-5-9-29-19-24-16(21)15-17(25-19)27(18(20)23-15)10-12-7-6-8-13(22-12)30-11-14(28)26(2)3;1-22(2)10(24)7-26-9-5-3-4-8(18-9)6-23-13-11(19-14(23)16)12(17)20-15(25)21-13;1-2-3-4-5;2*1-3-2/h6-8H,4-5,9-11H2,1-3H3,(H2,21,24,25);3-5H,6-7H2,1-2H3,(H3,17,20,21,25);2-4H2,1H3;1H;1-2H. The molecule has 0 fully saturated rings. The van der Waals surface area contributed by atoms with Crippen molar-refractivity contribution in [1.82, 2.24) is 58.8 Å². The lowest BCUT2D eigenvalue weighted by atomic mass is 10.3. The normalized spacial score (nSPS) is 10.1. The molecule has 0 spiro atoms. The third kappa shape index (κ3) is 18.9. The first-order valence-corrected chi connectivity index (χ1v) is 22.5. The number of H-pyrrole nitrogens is 1. The zero-order chi connectivity index (χ0) is 50.1. The summed E-state index contributed by atoms with van der Waals surface area (Å²) in [5, 5.41) is 16.7. The second-order valence-corrected chi connectivity index (χ2v) is 15.9. The van der Waals surface area contributed by atoms with E-state index < -0.39 is 5.69 Å². The second kappa shape index (κ2) is 30.1. The molecule has 8 N–H and O–H groups in total. The van der Waals surface area contributed by atoms with Crippen LogP contribution in [0.2, 0.25) is 0 Å². The summed E-state index contributed by atoms with van der Waals surface area (Å²) in [6, 6.07) is 10.8. The first kappa shape index (κ1) is 56.9. The number of imidazole rings is 2. The fourth-order valence-electron chi connectivity index (χ4n) is 4.88. The number of likely N-dealkylation sites (N-methyl/N-ethyl adjacent to an activating group) is 2. The maximum Gasteiger partial charge on any atom is 0.348 e. The van der Waals surface area contributed by atoms with Crippen LogP contribution in [-0.2, 0) is 27.7 Å². The molecule has 2 amide bonds. The van der Waals surface area contributed by atoms with Crippen molar-refractivity contribution in [2.24, 2.45) is 0 Å². The molecule has 0 aromatic carbocycles. The molecule has 0 radical (unpaired) electrons. The summed E-state index contributed by atoms with van der Waals surface area (Å²) in [4.78, 5) is 72.1. The number of nitrogen functional groups attached to an aromatic ring is 2. The molecule has 0 atom stereocenters. The average Bonchev–Trinajstić information content (AvgIpc) is 3.77. The summed E-state index contributed by atoms with van der Waals surface area (Å²) in [5.41, 5.74) is 26.6. The van der Waals surface area contributed by atoms with E-state index in [0.29, 0.717) is 68.1 Å². The number of carbonyl (C=O) groups is 2. The molecule has 0 saturated carbocycles. The van der Waals surface area contributed by atoms with Gasteiger partial charge in [0.2, 0.25) is 11.8 Å². The first-order valence-electron chi connectivity index (χ1n) is 19.8. The minimum atomic E-state index is -0.559. The molecule has 29 heteroatoms. The van der Waals surface area contributed by atoms with Crippen molar-refractivity contribution in [3.05, 3.63) is 78.2 Å². The van der Waals surface area contributed by atoms with E-state index in [0.717, 1.165) is 18.2 Å². The number of hydrogen-bond acceptors (Lipinski definition) is 19. The Balaban J connectivity index is 0.000000380. The van der Waals surface area contributed by atoms with Crippen LogP contribution >= 0.6 is 47.8 Å². The highest BCUT2D eigenvalue weighted by Gasteiger charge is 2.18. The molecule has 6 aromatic rings. The summed E-state index contributed by atoms with van der Waals surface area (Å²) >= 11 is 10.1.